The molecule has 0 atom stereocenters. The van der Waals surface area contributed by atoms with Crippen LogP contribution in [0.25, 0.3) is 0 Å². The predicted molar refractivity (Wildman–Crippen MR) is 107 cm³/mol. The van der Waals surface area contributed by atoms with Crippen molar-refractivity contribution >= 4 is 33.2 Å². The number of rotatable bonds is 8. The molecule has 27 heavy (non-hydrogen) atoms. The number of carbonyl (C=O) groups is 1. The molecule has 6 nitrogen and oxygen atoms in total. The summed E-state index contributed by atoms with van der Waals surface area (Å²) in [6, 6.07) is 11.7. The standard InChI is InChI=1S/C19H23ClN2O4S/c1-4-14-8-6-7-9-17(14)21-19(23)13-22(5-2)27(24,25)15-10-11-18(26-3)16(20)12-15/h6-12H,4-5,13H2,1-3H3,(H,21,23). The molecule has 0 aliphatic carbocycles. The van der Waals surface area contributed by atoms with Gasteiger partial charge in [0.25, 0.3) is 0 Å². The lowest BCUT2D eigenvalue weighted by molar-refractivity contribution is -0.116. The number of ether oxygens (including phenoxy) is 1. The van der Waals surface area contributed by atoms with Gasteiger partial charge in [-0.3, -0.25) is 4.79 Å². The van der Waals surface area contributed by atoms with E-state index >= 15 is 0 Å². The van der Waals surface area contributed by atoms with Crippen molar-refractivity contribution in [1.29, 1.82) is 0 Å². The van der Waals surface area contributed by atoms with Crippen molar-refractivity contribution < 1.29 is 17.9 Å². The second kappa shape index (κ2) is 9.21. The van der Waals surface area contributed by atoms with Crippen LogP contribution in [0, 0.1) is 0 Å². The fourth-order valence-electron chi connectivity index (χ4n) is 2.62. The van der Waals surface area contributed by atoms with Gasteiger partial charge in [0.15, 0.2) is 0 Å². The molecule has 0 radical (unpaired) electrons. The molecule has 0 unspecified atom stereocenters. The maximum Gasteiger partial charge on any atom is 0.243 e. The third-order valence-electron chi connectivity index (χ3n) is 4.11. The highest BCUT2D eigenvalue weighted by atomic mass is 35.5. The Morgan fingerprint density at radius 3 is 2.48 bits per heavy atom. The summed E-state index contributed by atoms with van der Waals surface area (Å²) in [5.41, 5.74) is 1.67. The van der Waals surface area contributed by atoms with E-state index in [1.165, 1.54) is 25.3 Å². The number of halogens is 1. The summed E-state index contributed by atoms with van der Waals surface area (Å²) in [7, 11) is -2.42. The van der Waals surface area contributed by atoms with Crippen LogP contribution in [0.5, 0.6) is 5.75 Å². The third kappa shape index (κ3) is 5.00. The summed E-state index contributed by atoms with van der Waals surface area (Å²) in [5, 5.41) is 2.98. The maximum atomic E-state index is 12.9. The number of para-hydroxylation sites is 1. The Kier molecular flexibility index (Phi) is 7.24. The molecule has 0 aliphatic heterocycles. The first-order valence-electron chi connectivity index (χ1n) is 8.54. The number of amides is 1. The van der Waals surface area contributed by atoms with Crippen molar-refractivity contribution in [3.63, 3.8) is 0 Å². The zero-order chi connectivity index (χ0) is 20.0. The van der Waals surface area contributed by atoms with Crippen molar-refractivity contribution in [2.45, 2.75) is 25.2 Å². The zero-order valence-electron chi connectivity index (χ0n) is 15.5. The van der Waals surface area contributed by atoms with E-state index in [4.69, 9.17) is 16.3 Å². The van der Waals surface area contributed by atoms with Gasteiger partial charge in [-0.05, 0) is 36.2 Å². The average Bonchev–Trinajstić information content (AvgIpc) is 2.66. The summed E-state index contributed by atoms with van der Waals surface area (Å²) in [6.07, 6.45) is 0.761. The number of hydrogen-bond donors (Lipinski definition) is 1. The maximum absolute atomic E-state index is 12.9. The third-order valence-corrected chi connectivity index (χ3v) is 6.32. The Morgan fingerprint density at radius 1 is 1.19 bits per heavy atom. The van der Waals surface area contributed by atoms with Gasteiger partial charge in [0.2, 0.25) is 15.9 Å². The van der Waals surface area contributed by atoms with Crippen molar-refractivity contribution in [2.75, 3.05) is 25.5 Å². The number of methoxy groups -OCH3 is 1. The lowest BCUT2D eigenvalue weighted by Crippen LogP contribution is -2.38. The Hall–Kier alpha value is -2.09. The molecule has 0 saturated carbocycles. The summed E-state index contributed by atoms with van der Waals surface area (Å²) < 4.78 is 31.9. The fraction of sp³-hybridized carbons (Fsp3) is 0.316. The molecule has 0 saturated heterocycles. The molecule has 0 bridgehead atoms. The molecule has 8 heteroatoms. The quantitative estimate of drug-likeness (QED) is 0.721. The van der Waals surface area contributed by atoms with Crippen LogP contribution in [0.4, 0.5) is 5.69 Å². The van der Waals surface area contributed by atoms with Gasteiger partial charge in [0.05, 0.1) is 23.6 Å². The minimum Gasteiger partial charge on any atom is -0.495 e. The Bertz CT molecular complexity index is 916. The molecule has 0 aromatic heterocycles. The molecular weight excluding hydrogens is 388 g/mol. The first kappa shape index (κ1) is 21.2. The first-order chi connectivity index (χ1) is 12.8. The van der Waals surface area contributed by atoms with Crippen molar-refractivity contribution in [3.8, 4) is 5.75 Å². The van der Waals surface area contributed by atoms with Gasteiger partial charge >= 0.3 is 0 Å². The zero-order valence-corrected chi connectivity index (χ0v) is 17.1. The highest BCUT2D eigenvalue weighted by molar-refractivity contribution is 7.89. The van der Waals surface area contributed by atoms with Gasteiger partial charge in [-0.1, -0.05) is 43.6 Å². The van der Waals surface area contributed by atoms with Gasteiger partial charge in [-0.2, -0.15) is 4.31 Å². The average molecular weight is 411 g/mol. The van der Waals surface area contributed by atoms with Gasteiger partial charge in [0, 0.05) is 12.2 Å². The van der Waals surface area contributed by atoms with Gasteiger partial charge in [0.1, 0.15) is 5.75 Å². The van der Waals surface area contributed by atoms with Crippen LogP contribution in [0.1, 0.15) is 19.4 Å². The normalized spacial score (nSPS) is 11.4. The van der Waals surface area contributed by atoms with Crippen LogP contribution < -0.4 is 10.1 Å². The van der Waals surface area contributed by atoms with Crippen LogP contribution in [-0.4, -0.2) is 38.8 Å². The minimum atomic E-state index is -3.87. The Morgan fingerprint density at radius 2 is 1.89 bits per heavy atom. The second-order valence-electron chi connectivity index (χ2n) is 5.79. The lowest BCUT2D eigenvalue weighted by atomic mass is 10.1. The van der Waals surface area contributed by atoms with Gasteiger partial charge < -0.3 is 10.1 Å². The van der Waals surface area contributed by atoms with Gasteiger partial charge in [-0.25, -0.2) is 8.42 Å². The highest BCUT2D eigenvalue weighted by Gasteiger charge is 2.26. The van der Waals surface area contributed by atoms with E-state index in [9.17, 15) is 13.2 Å². The molecule has 0 spiro atoms. The van der Waals surface area contributed by atoms with Crippen LogP contribution in [0.3, 0.4) is 0 Å². The first-order valence-corrected chi connectivity index (χ1v) is 10.4. The number of likely N-dealkylation sites (N-methyl/N-ethyl adjacent to an activating group) is 1. The second-order valence-corrected chi connectivity index (χ2v) is 8.13. The van der Waals surface area contributed by atoms with E-state index < -0.39 is 15.9 Å². The number of aryl methyl sites for hydroxylation is 1. The fourth-order valence-corrected chi connectivity index (χ4v) is 4.38. The molecule has 2 aromatic rings. The number of benzene rings is 2. The van der Waals surface area contributed by atoms with Crippen LogP contribution in [-0.2, 0) is 21.2 Å². The van der Waals surface area contributed by atoms with Crippen molar-refractivity contribution in [2.24, 2.45) is 0 Å². The van der Waals surface area contributed by atoms with E-state index in [0.717, 1.165) is 16.3 Å². The predicted octanol–water partition coefficient (Wildman–Crippen LogP) is 3.56. The lowest BCUT2D eigenvalue weighted by Gasteiger charge is -2.21. The summed E-state index contributed by atoms with van der Waals surface area (Å²) in [5.74, 6) is -0.0199. The van der Waals surface area contributed by atoms with Crippen molar-refractivity contribution in [1.82, 2.24) is 4.31 Å². The molecule has 1 amide bonds. The molecule has 2 rings (SSSR count). The summed E-state index contributed by atoms with van der Waals surface area (Å²) in [6.45, 7) is 3.52. The highest BCUT2D eigenvalue weighted by Crippen LogP contribution is 2.28. The van der Waals surface area contributed by atoms with Crippen molar-refractivity contribution in [3.05, 3.63) is 53.1 Å². The van der Waals surface area contributed by atoms with Crippen LogP contribution >= 0.6 is 11.6 Å². The number of hydrogen-bond acceptors (Lipinski definition) is 4. The van der Waals surface area contributed by atoms with Crippen LogP contribution in [0.15, 0.2) is 47.4 Å². The number of carbonyl (C=O) groups excluding carboxylic acids is 1. The molecule has 0 fully saturated rings. The smallest absolute Gasteiger partial charge is 0.243 e. The molecule has 0 aliphatic rings. The van der Waals surface area contributed by atoms with Gasteiger partial charge in [-0.15, -0.1) is 0 Å². The van der Waals surface area contributed by atoms with E-state index in [0.29, 0.717) is 11.4 Å². The molecule has 0 heterocycles. The van der Waals surface area contributed by atoms with Crippen LogP contribution in [0.2, 0.25) is 5.02 Å². The minimum absolute atomic E-state index is 0.0110. The van der Waals surface area contributed by atoms with E-state index in [1.54, 1.807) is 13.0 Å². The largest absolute Gasteiger partial charge is 0.495 e. The Balaban J connectivity index is 2.20. The topological polar surface area (TPSA) is 75.7 Å². The molecule has 1 N–H and O–H groups in total. The number of nitrogens with one attached hydrogen (secondary N) is 1. The summed E-state index contributed by atoms with van der Waals surface area (Å²) >= 11 is 6.04. The summed E-state index contributed by atoms with van der Waals surface area (Å²) in [4.78, 5) is 12.4. The van der Waals surface area contributed by atoms with E-state index in [-0.39, 0.29) is 23.0 Å². The number of nitrogens with zero attached hydrogens (tertiary/aromatic N) is 1. The SMILES string of the molecule is CCc1ccccc1NC(=O)CN(CC)S(=O)(=O)c1ccc(OC)c(Cl)c1. The molecule has 2 aromatic carbocycles. The number of anilines is 1. The van der Waals surface area contributed by atoms with E-state index in [2.05, 4.69) is 5.32 Å². The number of sulfonamides is 1. The molecular formula is C19H23ClN2O4S. The van der Waals surface area contributed by atoms with E-state index in [1.807, 2.05) is 25.1 Å². The Labute approximate surface area is 165 Å². The monoisotopic (exact) mass is 410 g/mol. The molecule has 146 valence electrons.